The van der Waals surface area contributed by atoms with Crippen LogP contribution >= 0.6 is 11.3 Å². The molecule has 1 atom stereocenters. The van der Waals surface area contributed by atoms with Gasteiger partial charge in [0.25, 0.3) is 5.56 Å². The van der Waals surface area contributed by atoms with E-state index in [-0.39, 0.29) is 11.6 Å². The maximum absolute atomic E-state index is 13.1. The van der Waals surface area contributed by atoms with Gasteiger partial charge in [0.05, 0.1) is 4.88 Å². The first-order valence-electron chi connectivity index (χ1n) is 9.85. The lowest BCUT2D eigenvalue weighted by Gasteiger charge is -2.17. The lowest BCUT2D eigenvalue weighted by molar-refractivity contribution is -0.119. The van der Waals surface area contributed by atoms with Crippen LogP contribution in [0.5, 0.6) is 0 Å². The fourth-order valence-electron chi connectivity index (χ4n) is 3.30. The third kappa shape index (κ3) is 4.27. The Morgan fingerprint density at radius 2 is 1.77 bits per heavy atom. The van der Waals surface area contributed by atoms with Gasteiger partial charge in [0, 0.05) is 16.1 Å². The number of carbonyl (C=O) groups excluding carboxylic acids is 1. The van der Waals surface area contributed by atoms with Crippen molar-refractivity contribution in [3.05, 3.63) is 88.0 Å². The summed E-state index contributed by atoms with van der Waals surface area (Å²) in [5.74, 6) is -0.350. The summed E-state index contributed by atoms with van der Waals surface area (Å²) in [6.45, 7) is 3.63. The molecule has 0 unspecified atom stereocenters. The maximum atomic E-state index is 13.1. The molecule has 0 saturated heterocycles. The number of aromatic nitrogens is 2. The Kier molecular flexibility index (Phi) is 5.68. The number of thiophene rings is 1. The highest BCUT2D eigenvalue weighted by Crippen LogP contribution is 2.29. The number of nitrogens with two attached hydrogens (primary N) is 1. The maximum Gasteiger partial charge on any atom is 0.290 e. The highest BCUT2D eigenvalue weighted by molar-refractivity contribution is 7.15. The van der Waals surface area contributed by atoms with Gasteiger partial charge in [-0.15, -0.1) is 11.3 Å². The van der Waals surface area contributed by atoms with E-state index in [1.165, 1.54) is 0 Å². The second kappa shape index (κ2) is 8.57. The molecule has 6 nitrogen and oxygen atoms in total. The molecular formula is C24H22N4O2S. The van der Waals surface area contributed by atoms with Crippen molar-refractivity contribution in [2.24, 2.45) is 0 Å². The molecule has 1 amide bonds. The molecule has 4 rings (SSSR count). The highest BCUT2D eigenvalue weighted by Gasteiger charge is 2.21. The quantitative estimate of drug-likeness (QED) is 0.479. The third-order valence-corrected chi connectivity index (χ3v) is 5.99. The molecule has 0 spiro atoms. The van der Waals surface area contributed by atoms with Crippen molar-refractivity contribution < 1.29 is 4.79 Å². The van der Waals surface area contributed by atoms with Crippen LogP contribution in [0.2, 0.25) is 0 Å². The van der Waals surface area contributed by atoms with E-state index in [0.29, 0.717) is 11.4 Å². The SMILES string of the molecule is Cc1ccc(-c2cc(N)c(=O)n([C@@H](C)C(=O)Nc3ccccc3-c3ccccc3)n2)s1. The first kappa shape index (κ1) is 20.6. The molecular weight excluding hydrogens is 408 g/mol. The molecule has 0 fully saturated rings. The molecule has 0 aliphatic heterocycles. The van der Waals surface area contributed by atoms with Gasteiger partial charge in [0.2, 0.25) is 5.91 Å². The molecule has 0 aliphatic rings. The minimum Gasteiger partial charge on any atom is -0.394 e. The average Bonchev–Trinajstić information content (AvgIpc) is 3.22. The van der Waals surface area contributed by atoms with Gasteiger partial charge in [-0.2, -0.15) is 5.10 Å². The van der Waals surface area contributed by atoms with E-state index >= 15 is 0 Å². The van der Waals surface area contributed by atoms with Crippen molar-refractivity contribution in [1.82, 2.24) is 9.78 Å². The number of anilines is 2. The number of nitrogens with one attached hydrogen (secondary N) is 1. The lowest BCUT2D eigenvalue weighted by atomic mass is 10.0. The van der Waals surface area contributed by atoms with Gasteiger partial charge in [-0.3, -0.25) is 9.59 Å². The average molecular weight is 431 g/mol. The zero-order valence-corrected chi connectivity index (χ0v) is 18.0. The van der Waals surface area contributed by atoms with E-state index in [1.54, 1.807) is 24.3 Å². The third-order valence-electron chi connectivity index (χ3n) is 4.97. The summed E-state index contributed by atoms with van der Waals surface area (Å²) in [7, 11) is 0. The number of carbonyl (C=O) groups is 1. The van der Waals surface area contributed by atoms with Crippen molar-refractivity contribution in [3.63, 3.8) is 0 Å². The van der Waals surface area contributed by atoms with Crippen LogP contribution in [0.3, 0.4) is 0 Å². The van der Waals surface area contributed by atoms with Crippen molar-refractivity contribution in [1.29, 1.82) is 0 Å². The summed E-state index contributed by atoms with van der Waals surface area (Å²) in [5, 5.41) is 7.37. The number of nitrogens with zero attached hydrogens (tertiary/aromatic N) is 2. The van der Waals surface area contributed by atoms with E-state index in [9.17, 15) is 9.59 Å². The van der Waals surface area contributed by atoms with Gasteiger partial charge in [-0.1, -0.05) is 48.5 Å². The number of hydrogen-bond acceptors (Lipinski definition) is 5. The van der Waals surface area contributed by atoms with Crippen LogP contribution in [-0.2, 0) is 4.79 Å². The van der Waals surface area contributed by atoms with Crippen LogP contribution in [0.4, 0.5) is 11.4 Å². The van der Waals surface area contributed by atoms with Gasteiger partial charge < -0.3 is 11.1 Å². The predicted molar refractivity (Wildman–Crippen MR) is 126 cm³/mol. The standard InChI is InChI=1S/C24H22N4O2S/c1-15-12-13-22(31-15)21-14-19(25)24(30)28(27-21)16(2)23(29)26-20-11-7-6-10-18(20)17-8-4-3-5-9-17/h3-14,16H,25H2,1-2H3,(H,26,29)/t16-/m0/s1. The number of hydrogen-bond donors (Lipinski definition) is 2. The van der Waals surface area contributed by atoms with Gasteiger partial charge in [-0.25, -0.2) is 4.68 Å². The Morgan fingerprint density at radius 3 is 2.48 bits per heavy atom. The lowest BCUT2D eigenvalue weighted by Crippen LogP contribution is -2.34. The molecule has 0 aliphatic carbocycles. The molecule has 31 heavy (non-hydrogen) atoms. The zero-order chi connectivity index (χ0) is 22.0. The number of benzene rings is 2. The van der Waals surface area contributed by atoms with Gasteiger partial charge in [0.1, 0.15) is 17.4 Å². The molecule has 2 aromatic heterocycles. The van der Waals surface area contributed by atoms with Crippen LogP contribution in [0.15, 0.2) is 77.6 Å². The number of rotatable bonds is 5. The molecule has 2 heterocycles. The van der Waals surface area contributed by atoms with E-state index in [2.05, 4.69) is 10.4 Å². The summed E-state index contributed by atoms with van der Waals surface area (Å²) in [6.07, 6.45) is 0. The van der Waals surface area contributed by atoms with Gasteiger partial charge in [-0.05, 0) is 43.7 Å². The molecule has 0 saturated carbocycles. The Balaban J connectivity index is 1.66. The second-order valence-electron chi connectivity index (χ2n) is 7.22. The summed E-state index contributed by atoms with van der Waals surface area (Å²) in [5.41, 5.74) is 8.64. The molecule has 3 N–H and O–H groups in total. The first-order valence-corrected chi connectivity index (χ1v) is 10.7. The Labute approximate surface area is 184 Å². The van der Waals surface area contributed by atoms with Crippen LogP contribution < -0.4 is 16.6 Å². The van der Waals surface area contributed by atoms with Crippen molar-refractivity contribution in [3.8, 4) is 21.7 Å². The van der Waals surface area contributed by atoms with E-state index in [1.807, 2.05) is 73.7 Å². The zero-order valence-electron chi connectivity index (χ0n) is 17.2. The largest absolute Gasteiger partial charge is 0.394 e. The number of para-hydroxylation sites is 1. The van der Waals surface area contributed by atoms with Crippen LogP contribution in [0.1, 0.15) is 17.8 Å². The molecule has 4 aromatic rings. The van der Waals surface area contributed by atoms with Crippen molar-refractivity contribution >= 4 is 28.6 Å². The van der Waals surface area contributed by atoms with Crippen LogP contribution in [-0.4, -0.2) is 15.7 Å². The van der Waals surface area contributed by atoms with Gasteiger partial charge >= 0.3 is 0 Å². The van der Waals surface area contributed by atoms with Crippen molar-refractivity contribution in [2.75, 3.05) is 11.1 Å². The Morgan fingerprint density at radius 1 is 1.06 bits per heavy atom. The number of aryl methyl sites for hydroxylation is 1. The Hall–Kier alpha value is -3.71. The predicted octanol–water partition coefficient (Wildman–Crippen LogP) is 4.73. The minimum absolute atomic E-state index is 0.0559. The fraction of sp³-hybridized carbons (Fsp3) is 0.125. The fourth-order valence-corrected chi connectivity index (χ4v) is 4.12. The molecule has 7 heteroatoms. The molecule has 0 bridgehead atoms. The highest BCUT2D eigenvalue weighted by atomic mass is 32.1. The summed E-state index contributed by atoms with van der Waals surface area (Å²) in [4.78, 5) is 27.7. The Bertz CT molecular complexity index is 1290. The van der Waals surface area contributed by atoms with Crippen molar-refractivity contribution in [2.45, 2.75) is 19.9 Å². The van der Waals surface area contributed by atoms with Crippen LogP contribution in [0.25, 0.3) is 21.7 Å². The molecule has 2 aromatic carbocycles. The number of nitrogen functional groups attached to an aromatic ring is 1. The normalized spacial score (nSPS) is 11.8. The van der Waals surface area contributed by atoms with E-state index < -0.39 is 11.6 Å². The van der Waals surface area contributed by atoms with Crippen LogP contribution in [0, 0.1) is 6.92 Å². The monoisotopic (exact) mass is 430 g/mol. The first-order chi connectivity index (χ1) is 14.9. The number of amides is 1. The topological polar surface area (TPSA) is 90.0 Å². The van der Waals surface area contributed by atoms with E-state index in [0.717, 1.165) is 25.6 Å². The van der Waals surface area contributed by atoms with Gasteiger partial charge in [0.15, 0.2) is 0 Å². The molecule has 0 radical (unpaired) electrons. The summed E-state index contributed by atoms with van der Waals surface area (Å²) in [6, 6.07) is 22.0. The molecule has 156 valence electrons. The van der Waals surface area contributed by atoms with E-state index in [4.69, 9.17) is 5.73 Å². The smallest absolute Gasteiger partial charge is 0.290 e. The summed E-state index contributed by atoms with van der Waals surface area (Å²) < 4.78 is 1.15. The minimum atomic E-state index is -0.848. The summed E-state index contributed by atoms with van der Waals surface area (Å²) >= 11 is 1.55. The second-order valence-corrected chi connectivity index (χ2v) is 8.51.